The zero-order chi connectivity index (χ0) is 19.0. The van der Waals surface area contributed by atoms with Crippen LogP contribution in [0.3, 0.4) is 0 Å². The first-order valence-electron chi connectivity index (χ1n) is 8.16. The Morgan fingerprint density at radius 3 is 2.67 bits per heavy atom. The molecule has 0 unspecified atom stereocenters. The van der Waals surface area contributed by atoms with Gasteiger partial charge in [0.2, 0.25) is 0 Å². The molecule has 8 heteroatoms. The van der Waals surface area contributed by atoms with Crippen LogP contribution in [-0.4, -0.2) is 25.0 Å². The summed E-state index contributed by atoms with van der Waals surface area (Å²) in [5.41, 5.74) is 2.38. The molecule has 0 saturated carbocycles. The Bertz CT molecular complexity index is 1250. The molecule has 0 aliphatic carbocycles. The lowest BCUT2D eigenvalue weighted by molar-refractivity contribution is 0.102. The Kier molecular flexibility index (Phi) is 4.17. The predicted molar refractivity (Wildman–Crippen MR) is 106 cm³/mol. The molecule has 0 spiro atoms. The standard InChI is InChI=1S/C19H15N5O2S/c1-23-18(26)15-7-2-12(10-16(15)22-19(23)27)17(25)21-13-3-5-14(6-4-13)24-9-8-20-11-24/h2-11H,1H3,(H,21,25)(H,22,27). The number of H-pyrrole nitrogens is 1. The van der Waals surface area contributed by atoms with Gasteiger partial charge in [0.1, 0.15) is 0 Å². The molecule has 0 saturated heterocycles. The van der Waals surface area contributed by atoms with Crippen LogP contribution in [0.4, 0.5) is 5.69 Å². The molecular formula is C19H15N5O2S. The van der Waals surface area contributed by atoms with E-state index < -0.39 is 0 Å². The molecule has 27 heavy (non-hydrogen) atoms. The fourth-order valence-corrected chi connectivity index (χ4v) is 2.97. The number of benzene rings is 2. The topological polar surface area (TPSA) is 84.7 Å². The molecule has 4 aromatic rings. The molecule has 2 aromatic carbocycles. The van der Waals surface area contributed by atoms with Crippen LogP contribution in [0.2, 0.25) is 0 Å². The van der Waals surface area contributed by atoms with Gasteiger partial charge in [0.05, 0.1) is 17.2 Å². The van der Waals surface area contributed by atoms with Crippen LogP contribution in [-0.2, 0) is 7.05 Å². The molecule has 0 aliphatic rings. The van der Waals surface area contributed by atoms with Crippen LogP contribution < -0.4 is 10.9 Å². The first-order valence-corrected chi connectivity index (χ1v) is 8.56. The molecule has 0 fully saturated rings. The number of aromatic nitrogens is 4. The molecule has 0 atom stereocenters. The number of hydrogen-bond acceptors (Lipinski definition) is 4. The summed E-state index contributed by atoms with van der Waals surface area (Å²) >= 11 is 5.13. The highest BCUT2D eigenvalue weighted by molar-refractivity contribution is 7.71. The number of nitrogens with zero attached hydrogens (tertiary/aromatic N) is 3. The van der Waals surface area contributed by atoms with Gasteiger partial charge < -0.3 is 14.9 Å². The van der Waals surface area contributed by atoms with E-state index in [-0.39, 0.29) is 11.5 Å². The summed E-state index contributed by atoms with van der Waals surface area (Å²) in [7, 11) is 1.61. The summed E-state index contributed by atoms with van der Waals surface area (Å²) in [4.78, 5) is 31.8. The molecule has 134 valence electrons. The number of hydrogen-bond donors (Lipinski definition) is 2. The van der Waals surface area contributed by atoms with Crippen molar-refractivity contribution < 1.29 is 4.79 Å². The average molecular weight is 377 g/mol. The number of anilines is 1. The summed E-state index contributed by atoms with van der Waals surface area (Å²) in [6.07, 6.45) is 5.25. The van der Waals surface area contributed by atoms with Gasteiger partial charge in [-0.05, 0) is 54.7 Å². The highest BCUT2D eigenvalue weighted by atomic mass is 32.1. The largest absolute Gasteiger partial charge is 0.332 e. The maximum Gasteiger partial charge on any atom is 0.261 e. The maximum absolute atomic E-state index is 12.6. The van der Waals surface area contributed by atoms with Crippen molar-refractivity contribution in [2.24, 2.45) is 7.05 Å². The van der Waals surface area contributed by atoms with E-state index in [1.165, 1.54) is 4.57 Å². The van der Waals surface area contributed by atoms with Gasteiger partial charge in [0, 0.05) is 36.4 Å². The number of nitrogens with one attached hydrogen (secondary N) is 2. The van der Waals surface area contributed by atoms with Crippen molar-refractivity contribution >= 4 is 34.7 Å². The van der Waals surface area contributed by atoms with Crippen molar-refractivity contribution in [3.63, 3.8) is 0 Å². The molecule has 0 bridgehead atoms. The van der Waals surface area contributed by atoms with Crippen LogP contribution >= 0.6 is 12.2 Å². The number of fused-ring (bicyclic) bond motifs is 1. The minimum Gasteiger partial charge on any atom is -0.332 e. The third-order valence-electron chi connectivity index (χ3n) is 4.29. The Morgan fingerprint density at radius 2 is 1.96 bits per heavy atom. The van der Waals surface area contributed by atoms with Gasteiger partial charge in [-0.1, -0.05) is 0 Å². The molecule has 4 rings (SSSR count). The van der Waals surface area contributed by atoms with Crippen molar-refractivity contribution in [2.45, 2.75) is 0 Å². The predicted octanol–water partition coefficient (Wildman–Crippen LogP) is 3.03. The Morgan fingerprint density at radius 1 is 1.19 bits per heavy atom. The fraction of sp³-hybridized carbons (Fsp3) is 0.0526. The lowest BCUT2D eigenvalue weighted by Crippen LogP contribution is -2.19. The van der Waals surface area contributed by atoms with E-state index in [2.05, 4.69) is 15.3 Å². The van der Waals surface area contributed by atoms with E-state index in [0.717, 1.165) is 5.69 Å². The highest BCUT2D eigenvalue weighted by Gasteiger charge is 2.10. The number of amides is 1. The SMILES string of the molecule is Cn1c(=S)[nH]c2cc(C(=O)Nc3ccc(-n4ccnc4)cc3)ccc2c1=O. The van der Waals surface area contributed by atoms with E-state index in [9.17, 15) is 9.59 Å². The molecule has 1 amide bonds. The second-order valence-corrected chi connectivity index (χ2v) is 6.41. The maximum atomic E-state index is 12.6. The van der Waals surface area contributed by atoms with E-state index in [0.29, 0.717) is 26.9 Å². The molecule has 7 nitrogen and oxygen atoms in total. The van der Waals surface area contributed by atoms with Crippen molar-refractivity contribution in [1.29, 1.82) is 0 Å². The zero-order valence-corrected chi connectivity index (χ0v) is 15.2. The van der Waals surface area contributed by atoms with Crippen LogP contribution in [0.25, 0.3) is 16.6 Å². The Hall–Kier alpha value is -3.52. The van der Waals surface area contributed by atoms with Gasteiger partial charge in [-0.25, -0.2) is 4.98 Å². The van der Waals surface area contributed by atoms with Crippen LogP contribution in [0.5, 0.6) is 0 Å². The smallest absolute Gasteiger partial charge is 0.261 e. The summed E-state index contributed by atoms with van der Waals surface area (Å²) in [6, 6.07) is 12.3. The fourth-order valence-electron chi connectivity index (χ4n) is 2.78. The number of rotatable bonds is 3. The third kappa shape index (κ3) is 3.18. The van der Waals surface area contributed by atoms with Crippen molar-refractivity contribution in [3.05, 3.63) is 81.9 Å². The first kappa shape index (κ1) is 16.9. The molecule has 2 heterocycles. The van der Waals surface area contributed by atoms with Crippen LogP contribution in [0.1, 0.15) is 10.4 Å². The molecule has 0 radical (unpaired) electrons. The zero-order valence-electron chi connectivity index (χ0n) is 14.3. The van der Waals surface area contributed by atoms with Crippen molar-refractivity contribution in [1.82, 2.24) is 19.1 Å². The van der Waals surface area contributed by atoms with Gasteiger partial charge >= 0.3 is 0 Å². The average Bonchev–Trinajstić information content (AvgIpc) is 3.21. The lowest BCUT2D eigenvalue weighted by Gasteiger charge is -2.08. The number of carbonyl (C=O) groups is 1. The van der Waals surface area contributed by atoms with E-state index in [4.69, 9.17) is 12.2 Å². The second kappa shape index (κ2) is 6.65. The van der Waals surface area contributed by atoms with Crippen molar-refractivity contribution in [2.75, 3.05) is 5.32 Å². The number of imidazole rings is 1. The quantitative estimate of drug-likeness (QED) is 0.538. The second-order valence-electron chi connectivity index (χ2n) is 6.03. The monoisotopic (exact) mass is 377 g/mol. The van der Waals surface area contributed by atoms with E-state index >= 15 is 0 Å². The molecule has 2 N–H and O–H groups in total. The summed E-state index contributed by atoms with van der Waals surface area (Å²) in [5, 5.41) is 3.33. The summed E-state index contributed by atoms with van der Waals surface area (Å²) < 4.78 is 3.54. The van der Waals surface area contributed by atoms with Gasteiger partial charge in [-0.3, -0.25) is 14.2 Å². The van der Waals surface area contributed by atoms with Gasteiger partial charge in [0.25, 0.3) is 11.5 Å². The van der Waals surface area contributed by atoms with E-state index in [1.54, 1.807) is 37.8 Å². The minimum atomic E-state index is -0.271. The van der Waals surface area contributed by atoms with Gasteiger partial charge in [0.15, 0.2) is 4.77 Å². The lowest BCUT2D eigenvalue weighted by atomic mass is 10.1. The minimum absolute atomic E-state index is 0.198. The number of aromatic amines is 1. The Balaban J connectivity index is 1.60. The molecular weight excluding hydrogens is 362 g/mol. The normalized spacial score (nSPS) is 10.9. The van der Waals surface area contributed by atoms with Crippen LogP contribution in [0.15, 0.2) is 66.0 Å². The molecule has 0 aliphatic heterocycles. The third-order valence-corrected chi connectivity index (χ3v) is 4.67. The number of carbonyl (C=O) groups excluding carboxylic acids is 1. The summed E-state index contributed by atoms with van der Waals surface area (Å²) in [6.45, 7) is 0. The molecule has 2 aromatic heterocycles. The highest BCUT2D eigenvalue weighted by Crippen LogP contribution is 2.16. The first-order chi connectivity index (χ1) is 13.0. The van der Waals surface area contributed by atoms with Crippen LogP contribution in [0, 0.1) is 4.77 Å². The van der Waals surface area contributed by atoms with Gasteiger partial charge in [-0.15, -0.1) is 0 Å². The van der Waals surface area contributed by atoms with Crippen molar-refractivity contribution in [3.8, 4) is 5.69 Å². The summed E-state index contributed by atoms with van der Waals surface area (Å²) in [5.74, 6) is -0.271. The van der Waals surface area contributed by atoms with E-state index in [1.807, 2.05) is 35.0 Å². The Labute approximate surface area is 158 Å². The van der Waals surface area contributed by atoms with Gasteiger partial charge in [-0.2, -0.15) is 0 Å².